The van der Waals surface area contributed by atoms with Crippen LogP contribution in [0, 0.1) is 0 Å². The van der Waals surface area contributed by atoms with E-state index in [-0.39, 0.29) is 18.4 Å². The fourth-order valence-corrected chi connectivity index (χ4v) is 0.416. The van der Waals surface area contributed by atoms with Crippen LogP contribution in [0.15, 0.2) is 0 Å². The van der Waals surface area contributed by atoms with Gasteiger partial charge in [-0.2, -0.15) is 0 Å². The predicted octanol–water partition coefficient (Wildman–Crippen LogP) is 1.76. The quantitative estimate of drug-likeness (QED) is 0.532. The van der Waals surface area contributed by atoms with Crippen molar-refractivity contribution in [1.29, 1.82) is 0 Å². The lowest BCUT2D eigenvalue weighted by molar-refractivity contribution is -0.140. The molecule has 4 heteroatoms. The summed E-state index contributed by atoms with van der Waals surface area (Å²) >= 11 is 2.97. The first-order valence-corrected chi connectivity index (χ1v) is 3.65. The van der Waals surface area contributed by atoms with E-state index >= 15 is 0 Å². The average molecular weight is 217 g/mol. The minimum atomic E-state index is -0.188. The van der Waals surface area contributed by atoms with Gasteiger partial charge in [0, 0.05) is 0 Å². The van der Waals surface area contributed by atoms with Gasteiger partial charge in [0.1, 0.15) is 5.33 Å². The van der Waals surface area contributed by atoms with Gasteiger partial charge in [0.15, 0.2) is 0 Å². The van der Waals surface area contributed by atoms with Gasteiger partial charge in [-0.15, -0.1) is 12.4 Å². The van der Waals surface area contributed by atoms with Gasteiger partial charge in [-0.05, 0) is 6.42 Å². The highest BCUT2D eigenvalue weighted by Crippen LogP contribution is 1.86. The number of hydrogen-bond donors (Lipinski definition) is 0. The van der Waals surface area contributed by atoms with Crippen LogP contribution in [0.1, 0.15) is 13.3 Å². The van der Waals surface area contributed by atoms with E-state index in [4.69, 9.17) is 0 Å². The molecule has 0 radical (unpaired) electrons. The van der Waals surface area contributed by atoms with Gasteiger partial charge in [-0.3, -0.25) is 4.79 Å². The fraction of sp³-hybridized carbons (Fsp3) is 0.800. The van der Waals surface area contributed by atoms with Crippen LogP contribution in [0.5, 0.6) is 0 Å². The van der Waals surface area contributed by atoms with Crippen LogP contribution in [0.25, 0.3) is 0 Å². The standard InChI is InChI=1S/C5H9BrO2.ClH/c1-2-3-8-5(7)4-6;/h2-4H2,1H3;1H. The van der Waals surface area contributed by atoms with Crippen molar-refractivity contribution in [3.8, 4) is 0 Å². The van der Waals surface area contributed by atoms with Crippen molar-refractivity contribution in [1.82, 2.24) is 0 Å². The van der Waals surface area contributed by atoms with Crippen LogP contribution < -0.4 is 0 Å². The molecule has 0 heterocycles. The lowest BCUT2D eigenvalue weighted by atomic mass is 10.5. The Bertz CT molecular complexity index is 77.4. The molecule has 0 saturated heterocycles. The molecule has 0 aromatic heterocycles. The molecule has 0 fully saturated rings. The minimum absolute atomic E-state index is 0. The van der Waals surface area contributed by atoms with Crippen molar-refractivity contribution in [2.45, 2.75) is 13.3 Å². The predicted molar refractivity (Wildman–Crippen MR) is 42.3 cm³/mol. The van der Waals surface area contributed by atoms with Crippen molar-refractivity contribution in [2.24, 2.45) is 0 Å². The van der Waals surface area contributed by atoms with Crippen molar-refractivity contribution < 1.29 is 9.53 Å². The third-order valence-corrected chi connectivity index (χ3v) is 1.03. The number of carbonyl (C=O) groups is 1. The van der Waals surface area contributed by atoms with Crippen LogP contribution in [-0.2, 0) is 9.53 Å². The van der Waals surface area contributed by atoms with E-state index in [2.05, 4.69) is 20.7 Å². The van der Waals surface area contributed by atoms with Gasteiger partial charge in [-0.25, -0.2) is 0 Å². The molecule has 0 aromatic carbocycles. The molecule has 0 aromatic rings. The van der Waals surface area contributed by atoms with E-state index in [1.54, 1.807) is 0 Å². The lowest BCUT2D eigenvalue weighted by Crippen LogP contribution is -2.05. The molecule has 0 saturated carbocycles. The van der Waals surface area contributed by atoms with Gasteiger partial charge >= 0.3 is 5.97 Å². The molecule has 0 rings (SSSR count). The van der Waals surface area contributed by atoms with Gasteiger partial charge in [0.25, 0.3) is 0 Å². The van der Waals surface area contributed by atoms with E-state index in [1.165, 1.54) is 0 Å². The molecule has 0 amide bonds. The summed E-state index contributed by atoms with van der Waals surface area (Å²) in [5, 5.41) is 0.299. The number of carbonyl (C=O) groups excluding carboxylic acids is 1. The van der Waals surface area contributed by atoms with Crippen LogP contribution in [-0.4, -0.2) is 17.9 Å². The molecule has 9 heavy (non-hydrogen) atoms. The Morgan fingerprint density at radius 2 is 2.22 bits per heavy atom. The fourth-order valence-electron chi connectivity index (χ4n) is 0.254. The zero-order valence-electron chi connectivity index (χ0n) is 5.22. The number of alkyl halides is 1. The normalized spacial score (nSPS) is 7.78. The summed E-state index contributed by atoms with van der Waals surface area (Å²) in [7, 11) is 0. The summed E-state index contributed by atoms with van der Waals surface area (Å²) in [4.78, 5) is 10.3. The topological polar surface area (TPSA) is 26.3 Å². The Morgan fingerprint density at radius 1 is 1.67 bits per heavy atom. The summed E-state index contributed by atoms with van der Waals surface area (Å²) in [6.45, 7) is 2.49. The number of esters is 1. The summed E-state index contributed by atoms with van der Waals surface area (Å²) in [5.41, 5.74) is 0. The molecule has 0 aliphatic rings. The molecule has 0 N–H and O–H groups in total. The van der Waals surface area contributed by atoms with E-state index in [9.17, 15) is 4.79 Å². The maximum atomic E-state index is 10.3. The number of rotatable bonds is 3. The molecule has 0 bridgehead atoms. The zero-order valence-corrected chi connectivity index (χ0v) is 7.63. The van der Waals surface area contributed by atoms with E-state index in [0.717, 1.165) is 6.42 Å². The first kappa shape index (κ1) is 12.0. The summed E-state index contributed by atoms with van der Waals surface area (Å²) in [5.74, 6) is -0.188. The highest BCUT2D eigenvalue weighted by molar-refractivity contribution is 9.09. The van der Waals surface area contributed by atoms with Gasteiger partial charge < -0.3 is 4.74 Å². The molecule has 0 aliphatic carbocycles. The summed E-state index contributed by atoms with van der Waals surface area (Å²) in [6, 6.07) is 0. The van der Waals surface area contributed by atoms with E-state index in [1.807, 2.05) is 6.92 Å². The van der Waals surface area contributed by atoms with Crippen LogP contribution in [0.4, 0.5) is 0 Å². The summed E-state index contributed by atoms with van der Waals surface area (Å²) in [6.07, 6.45) is 0.888. The maximum absolute atomic E-state index is 10.3. The van der Waals surface area contributed by atoms with Crippen LogP contribution in [0.2, 0.25) is 0 Å². The van der Waals surface area contributed by atoms with E-state index < -0.39 is 0 Å². The number of hydrogen-bond acceptors (Lipinski definition) is 2. The third-order valence-electron chi connectivity index (χ3n) is 0.576. The number of ether oxygens (including phenoxy) is 1. The zero-order chi connectivity index (χ0) is 6.41. The average Bonchev–Trinajstić information content (AvgIpc) is 1.83. The van der Waals surface area contributed by atoms with Gasteiger partial charge in [0.05, 0.1) is 6.61 Å². The first-order chi connectivity index (χ1) is 3.81. The molecular weight excluding hydrogens is 207 g/mol. The molecule has 0 spiro atoms. The molecule has 0 aliphatic heterocycles. The molecule has 56 valence electrons. The summed E-state index contributed by atoms with van der Waals surface area (Å²) < 4.78 is 4.65. The Kier molecular flexibility index (Phi) is 11.0. The lowest BCUT2D eigenvalue weighted by Gasteiger charge is -1.96. The monoisotopic (exact) mass is 216 g/mol. The Morgan fingerprint density at radius 3 is 2.56 bits per heavy atom. The maximum Gasteiger partial charge on any atom is 0.316 e. The van der Waals surface area contributed by atoms with Crippen molar-refractivity contribution in [3.05, 3.63) is 0 Å². The molecular formula is C5H10BrClO2. The molecule has 0 atom stereocenters. The van der Waals surface area contributed by atoms with Gasteiger partial charge in [0.2, 0.25) is 0 Å². The largest absolute Gasteiger partial charge is 0.465 e. The Hall–Kier alpha value is 0.240. The van der Waals surface area contributed by atoms with Gasteiger partial charge in [-0.1, -0.05) is 22.9 Å². The number of halogens is 2. The first-order valence-electron chi connectivity index (χ1n) is 2.52. The second kappa shape index (κ2) is 8.24. The van der Waals surface area contributed by atoms with Crippen LogP contribution >= 0.6 is 28.3 Å². The van der Waals surface area contributed by atoms with Crippen molar-refractivity contribution in [2.75, 3.05) is 11.9 Å². The van der Waals surface area contributed by atoms with Crippen molar-refractivity contribution >= 4 is 34.3 Å². The third kappa shape index (κ3) is 8.24. The Labute approximate surface area is 69.5 Å². The second-order valence-electron chi connectivity index (χ2n) is 1.35. The second-order valence-corrected chi connectivity index (χ2v) is 1.91. The minimum Gasteiger partial charge on any atom is -0.465 e. The van der Waals surface area contributed by atoms with E-state index in [0.29, 0.717) is 11.9 Å². The molecule has 0 unspecified atom stereocenters. The molecule has 2 nitrogen and oxygen atoms in total. The Balaban J connectivity index is 0. The van der Waals surface area contributed by atoms with Crippen LogP contribution in [0.3, 0.4) is 0 Å². The SMILES string of the molecule is CCCOC(=O)CBr.Cl. The highest BCUT2D eigenvalue weighted by atomic mass is 79.9. The highest BCUT2D eigenvalue weighted by Gasteiger charge is 1.94. The smallest absolute Gasteiger partial charge is 0.316 e. The van der Waals surface area contributed by atoms with Crippen molar-refractivity contribution in [3.63, 3.8) is 0 Å².